The van der Waals surface area contributed by atoms with Crippen molar-refractivity contribution in [2.75, 3.05) is 7.11 Å². The van der Waals surface area contributed by atoms with Crippen LogP contribution in [0, 0.1) is 21.4 Å². The Morgan fingerprint density at radius 3 is 2.67 bits per heavy atom. The van der Waals surface area contributed by atoms with E-state index in [9.17, 15) is 23.7 Å². The molecular weight excluding hydrogens is 252 g/mol. The van der Waals surface area contributed by atoms with Gasteiger partial charge in [0.15, 0.2) is 0 Å². The number of nitro groups is 1. The standard InChI is InChI=1S/C9H5F2N3O4/c1-18-9(15)6-7(14(16)17)5(8(10)11)2-4(3-12)13-6/h2,8H,1H3. The molecule has 0 aliphatic rings. The molecular formula is C9H5F2N3O4. The van der Waals surface area contributed by atoms with Crippen LogP contribution in [0.5, 0.6) is 0 Å². The van der Waals surface area contributed by atoms with Crippen LogP contribution in [-0.2, 0) is 4.74 Å². The molecule has 0 atom stereocenters. The van der Waals surface area contributed by atoms with Crippen LogP contribution in [0.4, 0.5) is 14.5 Å². The quantitative estimate of drug-likeness (QED) is 0.462. The molecule has 1 rings (SSSR count). The zero-order chi connectivity index (χ0) is 13.9. The molecule has 18 heavy (non-hydrogen) atoms. The van der Waals surface area contributed by atoms with E-state index >= 15 is 0 Å². The topological polar surface area (TPSA) is 106 Å². The molecule has 0 N–H and O–H groups in total. The Bertz CT molecular complexity index is 553. The molecule has 9 heteroatoms. The molecule has 0 aliphatic carbocycles. The van der Waals surface area contributed by atoms with E-state index < -0.39 is 40.0 Å². The van der Waals surface area contributed by atoms with Gasteiger partial charge in [0.05, 0.1) is 12.0 Å². The van der Waals surface area contributed by atoms with Gasteiger partial charge in [-0.1, -0.05) is 0 Å². The van der Waals surface area contributed by atoms with Crippen molar-refractivity contribution in [3.05, 3.63) is 33.1 Å². The average Bonchev–Trinajstić information content (AvgIpc) is 2.35. The predicted octanol–water partition coefficient (Wildman–Crippen LogP) is 1.59. The van der Waals surface area contributed by atoms with E-state index in [4.69, 9.17) is 5.26 Å². The van der Waals surface area contributed by atoms with Gasteiger partial charge in [-0.25, -0.2) is 18.6 Å². The number of halogens is 2. The van der Waals surface area contributed by atoms with Crippen molar-refractivity contribution in [2.45, 2.75) is 6.43 Å². The Morgan fingerprint density at radius 2 is 2.28 bits per heavy atom. The first-order valence-electron chi connectivity index (χ1n) is 4.38. The Morgan fingerprint density at radius 1 is 1.67 bits per heavy atom. The Kier molecular flexibility index (Phi) is 3.83. The zero-order valence-corrected chi connectivity index (χ0v) is 8.89. The number of rotatable bonds is 3. The molecule has 1 heterocycles. The fraction of sp³-hybridized carbons (Fsp3) is 0.222. The molecule has 0 radical (unpaired) electrons. The highest BCUT2D eigenvalue weighted by molar-refractivity contribution is 5.92. The zero-order valence-electron chi connectivity index (χ0n) is 8.89. The molecule has 0 unspecified atom stereocenters. The van der Waals surface area contributed by atoms with E-state index in [1.807, 2.05) is 0 Å². The average molecular weight is 257 g/mol. The SMILES string of the molecule is COC(=O)c1nc(C#N)cc(C(F)F)c1[N+](=O)[O-]. The number of methoxy groups -OCH3 is 1. The molecule has 0 fully saturated rings. The lowest BCUT2D eigenvalue weighted by atomic mass is 10.1. The van der Waals surface area contributed by atoms with Gasteiger partial charge in [0.1, 0.15) is 17.3 Å². The number of esters is 1. The minimum Gasteiger partial charge on any atom is -0.464 e. The van der Waals surface area contributed by atoms with Crippen LogP contribution >= 0.6 is 0 Å². The molecule has 1 aromatic rings. The number of carbonyl (C=O) groups excluding carboxylic acids is 1. The third kappa shape index (κ3) is 2.37. The number of nitriles is 1. The summed E-state index contributed by atoms with van der Waals surface area (Å²) in [5, 5.41) is 19.3. The van der Waals surface area contributed by atoms with Crippen LogP contribution < -0.4 is 0 Å². The molecule has 0 saturated carbocycles. The van der Waals surface area contributed by atoms with Gasteiger partial charge in [-0.15, -0.1) is 0 Å². The Labute approximate surface area is 98.8 Å². The minimum atomic E-state index is -3.22. The summed E-state index contributed by atoms with van der Waals surface area (Å²) in [6.07, 6.45) is -3.22. The number of hydrogen-bond donors (Lipinski definition) is 0. The largest absolute Gasteiger partial charge is 0.464 e. The van der Waals surface area contributed by atoms with Gasteiger partial charge >= 0.3 is 11.7 Å². The first kappa shape index (κ1) is 13.4. The van der Waals surface area contributed by atoms with Gasteiger partial charge < -0.3 is 4.74 Å². The molecule has 0 amide bonds. The lowest BCUT2D eigenvalue weighted by Crippen LogP contribution is -2.12. The third-order valence-electron chi connectivity index (χ3n) is 1.93. The second-order valence-corrected chi connectivity index (χ2v) is 2.96. The van der Waals surface area contributed by atoms with Crippen LogP contribution in [0.2, 0.25) is 0 Å². The van der Waals surface area contributed by atoms with Crippen LogP contribution in [0.25, 0.3) is 0 Å². The van der Waals surface area contributed by atoms with Gasteiger partial charge in [-0.3, -0.25) is 10.1 Å². The lowest BCUT2D eigenvalue weighted by Gasteiger charge is -2.05. The first-order chi connectivity index (χ1) is 8.42. The summed E-state index contributed by atoms with van der Waals surface area (Å²) in [6.45, 7) is 0. The molecule has 1 aromatic heterocycles. The Balaban J connectivity index is 3.66. The fourth-order valence-corrected chi connectivity index (χ4v) is 1.21. The van der Waals surface area contributed by atoms with Gasteiger partial charge in [0.2, 0.25) is 5.69 Å². The maximum atomic E-state index is 12.7. The van der Waals surface area contributed by atoms with Gasteiger partial charge in [0, 0.05) is 0 Å². The maximum absolute atomic E-state index is 12.7. The van der Waals surface area contributed by atoms with E-state index in [0.29, 0.717) is 6.07 Å². The number of nitrogens with zero attached hydrogens (tertiary/aromatic N) is 3. The van der Waals surface area contributed by atoms with E-state index in [0.717, 1.165) is 7.11 Å². The maximum Gasteiger partial charge on any atom is 0.363 e. The minimum absolute atomic E-state index is 0.531. The molecule has 0 aromatic carbocycles. The second-order valence-electron chi connectivity index (χ2n) is 2.96. The predicted molar refractivity (Wildman–Crippen MR) is 51.9 cm³/mol. The van der Waals surface area contributed by atoms with Gasteiger partial charge in [-0.05, 0) is 6.07 Å². The highest BCUT2D eigenvalue weighted by Gasteiger charge is 2.32. The van der Waals surface area contributed by atoms with E-state index in [1.54, 1.807) is 0 Å². The lowest BCUT2D eigenvalue weighted by molar-refractivity contribution is -0.386. The van der Waals surface area contributed by atoms with Crippen molar-refractivity contribution < 1.29 is 23.2 Å². The number of hydrogen-bond acceptors (Lipinski definition) is 6. The molecule has 0 aliphatic heterocycles. The molecule has 0 saturated heterocycles. The summed E-state index contributed by atoms with van der Waals surface area (Å²) < 4.78 is 29.5. The summed E-state index contributed by atoms with van der Waals surface area (Å²) in [4.78, 5) is 24.1. The van der Waals surface area contributed by atoms with Crippen LogP contribution in [0.1, 0.15) is 28.2 Å². The number of ether oxygens (including phenoxy) is 1. The van der Waals surface area contributed by atoms with Crippen molar-refractivity contribution in [3.8, 4) is 6.07 Å². The van der Waals surface area contributed by atoms with Crippen molar-refractivity contribution in [1.82, 2.24) is 4.98 Å². The second kappa shape index (κ2) is 5.13. The van der Waals surface area contributed by atoms with E-state index in [-0.39, 0.29) is 0 Å². The van der Waals surface area contributed by atoms with E-state index in [2.05, 4.69) is 9.72 Å². The van der Waals surface area contributed by atoms with Crippen molar-refractivity contribution in [1.29, 1.82) is 5.26 Å². The van der Waals surface area contributed by atoms with Gasteiger partial charge in [-0.2, -0.15) is 5.26 Å². The number of pyridine rings is 1. The molecule has 94 valence electrons. The molecule has 0 spiro atoms. The Hall–Kier alpha value is -2.63. The molecule has 7 nitrogen and oxygen atoms in total. The summed E-state index contributed by atoms with van der Waals surface area (Å²) >= 11 is 0. The van der Waals surface area contributed by atoms with Crippen molar-refractivity contribution in [3.63, 3.8) is 0 Å². The van der Waals surface area contributed by atoms with Gasteiger partial charge in [0.25, 0.3) is 6.43 Å². The highest BCUT2D eigenvalue weighted by Crippen LogP contribution is 2.31. The van der Waals surface area contributed by atoms with Crippen molar-refractivity contribution in [2.24, 2.45) is 0 Å². The smallest absolute Gasteiger partial charge is 0.363 e. The van der Waals surface area contributed by atoms with Crippen LogP contribution in [-0.4, -0.2) is 23.0 Å². The monoisotopic (exact) mass is 257 g/mol. The number of aromatic nitrogens is 1. The van der Waals surface area contributed by atoms with E-state index in [1.165, 1.54) is 6.07 Å². The summed E-state index contributed by atoms with van der Waals surface area (Å²) in [5.41, 5.74) is -3.66. The van der Waals surface area contributed by atoms with Crippen LogP contribution in [0.3, 0.4) is 0 Å². The number of alkyl halides is 2. The van der Waals surface area contributed by atoms with Crippen LogP contribution in [0.15, 0.2) is 6.07 Å². The third-order valence-corrected chi connectivity index (χ3v) is 1.93. The molecule has 0 bridgehead atoms. The summed E-state index contributed by atoms with van der Waals surface area (Å²) in [7, 11) is 0.912. The normalized spacial score (nSPS) is 9.94. The van der Waals surface area contributed by atoms with Crippen molar-refractivity contribution >= 4 is 11.7 Å². The fourth-order valence-electron chi connectivity index (χ4n) is 1.21. The summed E-state index contributed by atoms with van der Waals surface area (Å²) in [5.74, 6) is -1.26. The first-order valence-corrected chi connectivity index (χ1v) is 4.38. The number of carbonyl (C=O) groups is 1. The highest BCUT2D eigenvalue weighted by atomic mass is 19.3. The summed E-state index contributed by atoms with van der Waals surface area (Å²) in [6, 6.07) is 2.00.